The highest BCUT2D eigenvalue weighted by atomic mass is 79.9. The van der Waals surface area contributed by atoms with Gasteiger partial charge in [-0.2, -0.15) is 0 Å². The molecule has 0 spiro atoms. The van der Waals surface area contributed by atoms with E-state index in [0.717, 1.165) is 20.0 Å². The number of nitrogens with one attached hydrogen (secondary N) is 1. The van der Waals surface area contributed by atoms with Crippen molar-refractivity contribution < 1.29 is 4.92 Å². The Morgan fingerprint density at radius 2 is 2.06 bits per heavy atom. The van der Waals surface area contributed by atoms with Crippen LogP contribution in [0.1, 0.15) is 0 Å². The minimum atomic E-state index is -0.365. The Kier molecular flexibility index (Phi) is 2.76. The van der Waals surface area contributed by atoms with Gasteiger partial charge >= 0.3 is 0 Å². The van der Waals surface area contributed by atoms with Crippen molar-refractivity contribution in [3.05, 3.63) is 51.0 Å². The third-order valence-electron chi connectivity index (χ3n) is 2.62. The van der Waals surface area contributed by atoms with Crippen molar-refractivity contribution >= 4 is 44.8 Å². The van der Waals surface area contributed by atoms with Crippen LogP contribution in [0, 0.1) is 10.1 Å². The average molecular weight is 323 g/mol. The van der Waals surface area contributed by atoms with E-state index in [9.17, 15) is 10.1 Å². The van der Waals surface area contributed by atoms with Crippen molar-refractivity contribution in [1.29, 1.82) is 0 Å². The van der Waals surface area contributed by atoms with Gasteiger partial charge in [0.25, 0.3) is 5.69 Å². The summed E-state index contributed by atoms with van der Waals surface area (Å²) in [5.74, 6) is 0. The Balaban J connectivity index is 2.13. The topological polar surface area (TPSA) is 55.2 Å². The summed E-state index contributed by atoms with van der Waals surface area (Å²) in [6.07, 6.45) is 0. The van der Waals surface area contributed by atoms with Gasteiger partial charge in [0.2, 0.25) is 0 Å². The molecule has 4 nitrogen and oxygen atoms in total. The van der Waals surface area contributed by atoms with E-state index in [4.69, 9.17) is 0 Å². The molecule has 2 aromatic carbocycles. The molecule has 2 aromatic rings. The molecule has 1 heterocycles. The molecule has 0 unspecified atom stereocenters. The van der Waals surface area contributed by atoms with E-state index in [2.05, 4.69) is 21.2 Å². The molecule has 1 aliphatic rings. The van der Waals surface area contributed by atoms with Crippen LogP contribution in [0.4, 0.5) is 17.1 Å². The van der Waals surface area contributed by atoms with Crippen LogP contribution in [-0.2, 0) is 0 Å². The van der Waals surface area contributed by atoms with E-state index >= 15 is 0 Å². The predicted octanol–water partition coefficient (Wildman–Crippen LogP) is 4.57. The van der Waals surface area contributed by atoms with Crippen molar-refractivity contribution in [2.45, 2.75) is 9.79 Å². The molecule has 0 bridgehead atoms. The molecule has 0 atom stereocenters. The zero-order valence-electron chi connectivity index (χ0n) is 9.01. The van der Waals surface area contributed by atoms with Crippen LogP contribution in [0.25, 0.3) is 0 Å². The molecule has 0 amide bonds. The molecule has 1 N–H and O–H groups in total. The smallest absolute Gasteiger partial charge is 0.293 e. The van der Waals surface area contributed by atoms with Crippen LogP contribution in [0.2, 0.25) is 0 Å². The SMILES string of the molecule is O=[N+]([O-])c1cccc2c1Nc1ccc(Br)cc1S2. The van der Waals surface area contributed by atoms with Crippen LogP contribution in [0.5, 0.6) is 0 Å². The Labute approximate surface area is 116 Å². The second kappa shape index (κ2) is 4.29. The highest BCUT2D eigenvalue weighted by Crippen LogP contribution is 2.48. The summed E-state index contributed by atoms with van der Waals surface area (Å²) in [6.45, 7) is 0. The molecular weight excluding hydrogens is 316 g/mol. The minimum Gasteiger partial charge on any atom is -0.348 e. The fourth-order valence-electron chi connectivity index (χ4n) is 1.82. The molecule has 1 aliphatic heterocycles. The van der Waals surface area contributed by atoms with Crippen LogP contribution in [0.3, 0.4) is 0 Å². The average Bonchev–Trinajstić information content (AvgIpc) is 2.35. The maximum atomic E-state index is 11.0. The zero-order chi connectivity index (χ0) is 12.7. The Morgan fingerprint density at radius 3 is 2.83 bits per heavy atom. The third kappa shape index (κ3) is 1.87. The van der Waals surface area contributed by atoms with Crippen molar-refractivity contribution in [2.75, 3.05) is 5.32 Å². The Bertz CT molecular complexity index is 661. The third-order valence-corrected chi connectivity index (χ3v) is 4.24. The van der Waals surface area contributed by atoms with Gasteiger partial charge in [0, 0.05) is 20.3 Å². The number of benzene rings is 2. The van der Waals surface area contributed by atoms with Crippen LogP contribution in [-0.4, -0.2) is 4.92 Å². The first kappa shape index (κ1) is 11.6. The van der Waals surface area contributed by atoms with Gasteiger partial charge in [-0.15, -0.1) is 0 Å². The molecule has 0 aliphatic carbocycles. The van der Waals surface area contributed by atoms with Gasteiger partial charge in [0.1, 0.15) is 5.69 Å². The highest BCUT2D eigenvalue weighted by molar-refractivity contribution is 9.10. The summed E-state index contributed by atoms with van der Waals surface area (Å²) >= 11 is 4.95. The molecular formula is C12H7BrN2O2S. The summed E-state index contributed by atoms with van der Waals surface area (Å²) in [4.78, 5) is 12.5. The van der Waals surface area contributed by atoms with Gasteiger partial charge in [0.15, 0.2) is 0 Å². The van der Waals surface area contributed by atoms with E-state index < -0.39 is 0 Å². The molecule has 0 saturated carbocycles. The molecule has 90 valence electrons. The number of fused-ring (bicyclic) bond motifs is 2. The van der Waals surface area contributed by atoms with Crippen LogP contribution >= 0.6 is 27.7 Å². The molecule has 6 heteroatoms. The second-order valence-electron chi connectivity index (χ2n) is 3.77. The lowest BCUT2D eigenvalue weighted by Gasteiger charge is -2.20. The lowest BCUT2D eigenvalue weighted by Crippen LogP contribution is -2.03. The number of halogens is 1. The molecule has 0 radical (unpaired) electrons. The summed E-state index contributed by atoms with van der Waals surface area (Å²) in [5.41, 5.74) is 1.57. The van der Waals surface area contributed by atoms with Crippen molar-refractivity contribution in [2.24, 2.45) is 0 Å². The van der Waals surface area contributed by atoms with Gasteiger partial charge in [-0.05, 0) is 24.3 Å². The number of anilines is 2. The number of nitro groups is 1. The van der Waals surface area contributed by atoms with E-state index in [1.54, 1.807) is 6.07 Å². The number of hydrogen-bond acceptors (Lipinski definition) is 4. The van der Waals surface area contributed by atoms with Gasteiger partial charge in [-0.1, -0.05) is 33.8 Å². The number of nitro benzene ring substituents is 1. The largest absolute Gasteiger partial charge is 0.348 e. The van der Waals surface area contributed by atoms with Gasteiger partial charge in [0.05, 0.1) is 10.6 Å². The van der Waals surface area contributed by atoms with E-state index in [1.807, 2.05) is 24.3 Å². The minimum absolute atomic E-state index is 0.105. The lowest BCUT2D eigenvalue weighted by atomic mass is 10.2. The first-order valence-corrected chi connectivity index (χ1v) is 6.78. The normalized spacial score (nSPS) is 12.3. The standard InChI is InChI=1S/C12H7BrN2O2S/c13-7-4-5-8-11(6-7)18-10-3-1-2-9(15(16)17)12(10)14-8/h1-6,14H. The fourth-order valence-corrected chi connectivity index (χ4v) is 3.39. The monoisotopic (exact) mass is 322 g/mol. The maximum absolute atomic E-state index is 11.0. The summed E-state index contributed by atoms with van der Waals surface area (Å²) in [7, 11) is 0. The van der Waals surface area contributed by atoms with Gasteiger partial charge < -0.3 is 5.32 Å². The molecule has 18 heavy (non-hydrogen) atoms. The summed E-state index contributed by atoms with van der Waals surface area (Å²) < 4.78 is 0.990. The Morgan fingerprint density at radius 1 is 1.22 bits per heavy atom. The summed E-state index contributed by atoms with van der Waals surface area (Å²) in [5, 5.41) is 14.1. The van der Waals surface area contributed by atoms with Crippen LogP contribution < -0.4 is 5.32 Å². The van der Waals surface area contributed by atoms with Crippen LogP contribution in [0.15, 0.2) is 50.7 Å². The number of nitrogens with zero attached hydrogens (tertiary/aromatic N) is 1. The first-order valence-electron chi connectivity index (χ1n) is 5.17. The van der Waals surface area contributed by atoms with E-state index in [1.165, 1.54) is 17.8 Å². The van der Waals surface area contributed by atoms with Crippen molar-refractivity contribution in [1.82, 2.24) is 0 Å². The van der Waals surface area contributed by atoms with Gasteiger partial charge in [-0.25, -0.2) is 0 Å². The number of rotatable bonds is 1. The highest BCUT2D eigenvalue weighted by Gasteiger charge is 2.23. The lowest BCUT2D eigenvalue weighted by molar-refractivity contribution is -0.384. The van der Waals surface area contributed by atoms with E-state index in [-0.39, 0.29) is 10.6 Å². The summed E-state index contributed by atoms with van der Waals surface area (Å²) in [6, 6.07) is 10.9. The first-order chi connectivity index (χ1) is 8.65. The predicted molar refractivity (Wildman–Crippen MR) is 74.6 cm³/mol. The fraction of sp³-hybridized carbons (Fsp3) is 0. The quantitative estimate of drug-likeness (QED) is 0.527. The second-order valence-corrected chi connectivity index (χ2v) is 5.77. The number of para-hydroxylation sites is 1. The van der Waals surface area contributed by atoms with Crippen molar-refractivity contribution in [3.8, 4) is 0 Å². The van der Waals surface area contributed by atoms with E-state index in [0.29, 0.717) is 5.69 Å². The van der Waals surface area contributed by atoms with Crippen molar-refractivity contribution in [3.63, 3.8) is 0 Å². The number of hydrogen-bond donors (Lipinski definition) is 1. The molecule has 0 aromatic heterocycles. The van der Waals surface area contributed by atoms with Gasteiger partial charge in [-0.3, -0.25) is 10.1 Å². The molecule has 0 fully saturated rings. The zero-order valence-corrected chi connectivity index (χ0v) is 11.4. The molecule has 3 rings (SSSR count). The molecule has 0 saturated heterocycles. The maximum Gasteiger partial charge on any atom is 0.293 e. The Hall–Kier alpha value is -1.53.